The first-order valence-electron chi connectivity index (χ1n) is 6.93. The number of rotatable bonds is 2. The molecular formula is C16H13N3O2S. The van der Waals surface area contributed by atoms with Gasteiger partial charge in [-0.05, 0) is 31.5 Å². The molecule has 0 unspecified atom stereocenters. The number of thiophene rings is 1. The van der Waals surface area contributed by atoms with Gasteiger partial charge in [0.1, 0.15) is 16.9 Å². The van der Waals surface area contributed by atoms with Crippen molar-refractivity contribution in [2.24, 2.45) is 0 Å². The smallest absolute Gasteiger partial charge is 0.262 e. The van der Waals surface area contributed by atoms with Crippen LogP contribution in [0.3, 0.4) is 0 Å². The van der Waals surface area contributed by atoms with E-state index in [1.807, 2.05) is 38.1 Å². The van der Waals surface area contributed by atoms with Crippen LogP contribution in [0.2, 0.25) is 0 Å². The van der Waals surface area contributed by atoms with E-state index in [9.17, 15) is 4.79 Å². The van der Waals surface area contributed by atoms with Crippen LogP contribution in [0.25, 0.3) is 21.3 Å². The Morgan fingerprint density at radius 1 is 1.27 bits per heavy atom. The molecule has 4 aromatic rings. The fourth-order valence-electron chi connectivity index (χ4n) is 2.52. The highest BCUT2D eigenvalue weighted by Gasteiger charge is 2.13. The van der Waals surface area contributed by atoms with Crippen molar-refractivity contribution in [1.82, 2.24) is 14.5 Å². The molecule has 6 heteroatoms. The van der Waals surface area contributed by atoms with Gasteiger partial charge in [0.15, 0.2) is 5.58 Å². The molecule has 110 valence electrons. The van der Waals surface area contributed by atoms with E-state index in [1.165, 1.54) is 0 Å². The Labute approximate surface area is 129 Å². The van der Waals surface area contributed by atoms with Gasteiger partial charge in [-0.2, -0.15) is 0 Å². The molecule has 0 saturated carbocycles. The monoisotopic (exact) mass is 311 g/mol. The normalized spacial score (nSPS) is 11.5. The van der Waals surface area contributed by atoms with Gasteiger partial charge in [-0.15, -0.1) is 11.3 Å². The van der Waals surface area contributed by atoms with Gasteiger partial charge in [0.2, 0.25) is 5.89 Å². The quantitative estimate of drug-likeness (QED) is 0.570. The Balaban J connectivity index is 1.82. The van der Waals surface area contributed by atoms with Gasteiger partial charge in [-0.25, -0.2) is 9.97 Å². The number of fused-ring (bicyclic) bond motifs is 2. The van der Waals surface area contributed by atoms with Crippen LogP contribution in [0, 0.1) is 13.8 Å². The van der Waals surface area contributed by atoms with Crippen molar-refractivity contribution in [2.45, 2.75) is 20.4 Å². The second kappa shape index (κ2) is 4.78. The summed E-state index contributed by atoms with van der Waals surface area (Å²) in [5.74, 6) is 0.508. The number of oxazole rings is 1. The van der Waals surface area contributed by atoms with Crippen molar-refractivity contribution in [3.8, 4) is 0 Å². The van der Waals surface area contributed by atoms with Gasteiger partial charge in [-0.1, -0.05) is 12.1 Å². The van der Waals surface area contributed by atoms with Gasteiger partial charge in [0.25, 0.3) is 5.56 Å². The highest BCUT2D eigenvalue weighted by atomic mass is 32.1. The van der Waals surface area contributed by atoms with E-state index in [4.69, 9.17) is 4.42 Å². The molecule has 3 heterocycles. The molecule has 0 N–H and O–H groups in total. The first-order chi connectivity index (χ1) is 10.6. The minimum absolute atomic E-state index is 0.0471. The number of para-hydroxylation sites is 2. The van der Waals surface area contributed by atoms with Gasteiger partial charge in [0.05, 0.1) is 11.7 Å². The van der Waals surface area contributed by atoms with E-state index in [0.717, 1.165) is 26.4 Å². The molecular weight excluding hydrogens is 298 g/mol. The van der Waals surface area contributed by atoms with E-state index >= 15 is 0 Å². The molecule has 22 heavy (non-hydrogen) atoms. The zero-order valence-electron chi connectivity index (χ0n) is 12.2. The van der Waals surface area contributed by atoms with Crippen LogP contribution in [-0.2, 0) is 6.54 Å². The average molecular weight is 311 g/mol. The lowest BCUT2D eigenvalue weighted by Gasteiger charge is -2.02. The molecule has 0 aliphatic rings. The zero-order valence-corrected chi connectivity index (χ0v) is 13.0. The van der Waals surface area contributed by atoms with Crippen LogP contribution in [0.1, 0.15) is 16.3 Å². The first-order valence-corrected chi connectivity index (χ1v) is 7.75. The molecule has 4 rings (SSSR count). The van der Waals surface area contributed by atoms with Gasteiger partial charge < -0.3 is 4.42 Å². The van der Waals surface area contributed by atoms with Gasteiger partial charge in [0, 0.05) is 4.88 Å². The molecule has 0 atom stereocenters. The standard InChI is InChI=1S/C16H13N3O2S/c1-9-10(2)22-15-14(9)16(20)19(8-17-15)7-13-18-11-5-3-4-6-12(11)21-13/h3-6,8H,7H2,1-2H3. The summed E-state index contributed by atoms with van der Waals surface area (Å²) in [6.07, 6.45) is 1.56. The van der Waals surface area contributed by atoms with Crippen molar-refractivity contribution >= 4 is 32.7 Å². The van der Waals surface area contributed by atoms with Crippen LogP contribution in [0.5, 0.6) is 0 Å². The molecule has 1 aromatic carbocycles. The van der Waals surface area contributed by atoms with Crippen LogP contribution in [0.15, 0.2) is 39.8 Å². The summed E-state index contributed by atoms with van der Waals surface area (Å²) in [6, 6.07) is 7.56. The van der Waals surface area contributed by atoms with Crippen LogP contribution in [0.4, 0.5) is 0 Å². The molecule has 5 nitrogen and oxygen atoms in total. The molecule has 0 radical (unpaired) electrons. The van der Waals surface area contributed by atoms with Gasteiger partial charge in [-0.3, -0.25) is 9.36 Å². The Kier molecular flexibility index (Phi) is 2.87. The second-order valence-corrected chi connectivity index (χ2v) is 6.42. The lowest BCUT2D eigenvalue weighted by Crippen LogP contribution is -2.21. The van der Waals surface area contributed by atoms with Crippen LogP contribution in [-0.4, -0.2) is 14.5 Å². The van der Waals surface area contributed by atoms with Crippen molar-refractivity contribution in [3.63, 3.8) is 0 Å². The number of aryl methyl sites for hydroxylation is 2. The maximum atomic E-state index is 12.6. The first kappa shape index (κ1) is 13.2. The maximum Gasteiger partial charge on any atom is 0.262 e. The van der Waals surface area contributed by atoms with Crippen LogP contribution < -0.4 is 5.56 Å². The zero-order chi connectivity index (χ0) is 15.3. The lowest BCUT2D eigenvalue weighted by atomic mass is 10.2. The van der Waals surface area contributed by atoms with E-state index < -0.39 is 0 Å². The fraction of sp³-hybridized carbons (Fsp3) is 0.188. The number of aromatic nitrogens is 3. The van der Waals surface area contributed by atoms with Crippen molar-refractivity contribution in [1.29, 1.82) is 0 Å². The minimum atomic E-state index is -0.0471. The molecule has 3 aromatic heterocycles. The molecule has 0 bridgehead atoms. The summed E-state index contributed by atoms with van der Waals surface area (Å²) in [7, 11) is 0. The fourth-order valence-corrected chi connectivity index (χ4v) is 3.50. The Bertz CT molecular complexity index is 1030. The lowest BCUT2D eigenvalue weighted by molar-refractivity contribution is 0.503. The summed E-state index contributed by atoms with van der Waals surface area (Å²) in [4.78, 5) is 23.3. The average Bonchev–Trinajstić information content (AvgIpc) is 3.04. The Morgan fingerprint density at radius 3 is 2.91 bits per heavy atom. The van der Waals surface area contributed by atoms with E-state index in [-0.39, 0.29) is 12.1 Å². The largest absolute Gasteiger partial charge is 0.439 e. The van der Waals surface area contributed by atoms with Gasteiger partial charge >= 0.3 is 0 Å². The Hall–Kier alpha value is -2.47. The third-order valence-corrected chi connectivity index (χ3v) is 4.91. The molecule has 0 aliphatic carbocycles. The summed E-state index contributed by atoms with van der Waals surface area (Å²) < 4.78 is 7.23. The van der Waals surface area contributed by atoms with E-state index in [1.54, 1.807) is 22.2 Å². The van der Waals surface area contributed by atoms with E-state index in [0.29, 0.717) is 11.3 Å². The molecule has 0 fully saturated rings. The summed E-state index contributed by atoms with van der Waals surface area (Å²) in [5, 5.41) is 0.695. The third-order valence-electron chi connectivity index (χ3n) is 3.80. The van der Waals surface area contributed by atoms with Crippen molar-refractivity contribution < 1.29 is 4.42 Å². The molecule has 0 saturated heterocycles. The highest BCUT2D eigenvalue weighted by molar-refractivity contribution is 7.18. The SMILES string of the molecule is Cc1sc2ncn(Cc3nc4ccccc4o3)c(=O)c2c1C. The molecule has 0 amide bonds. The minimum Gasteiger partial charge on any atom is -0.439 e. The third kappa shape index (κ3) is 1.95. The Morgan fingerprint density at radius 2 is 2.09 bits per heavy atom. The molecule has 0 aliphatic heterocycles. The highest BCUT2D eigenvalue weighted by Crippen LogP contribution is 2.25. The number of benzene rings is 1. The summed E-state index contributed by atoms with van der Waals surface area (Å²) in [5.41, 5.74) is 2.47. The second-order valence-electron chi connectivity index (χ2n) is 5.22. The van der Waals surface area contributed by atoms with Crippen molar-refractivity contribution in [2.75, 3.05) is 0 Å². The van der Waals surface area contributed by atoms with E-state index in [2.05, 4.69) is 9.97 Å². The molecule has 0 spiro atoms. The number of nitrogens with zero attached hydrogens (tertiary/aromatic N) is 3. The predicted octanol–water partition coefficient (Wildman–Crippen LogP) is 3.26. The maximum absolute atomic E-state index is 12.6. The van der Waals surface area contributed by atoms with Crippen LogP contribution >= 0.6 is 11.3 Å². The topological polar surface area (TPSA) is 60.9 Å². The predicted molar refractivity (Wildman–Crippen MR) is 86.5 cm³/mol. The number of hydrogen-bond donors (Lipinski definition) is 0. The summed E-state index contributed by atoms with van der Waals surface area (Å²) in [6.45, 7) is 4.25. The summed E-state index contributed by atoms with van der Waals surface area (Å²) >= 11 is 1.55. The number of hydrogen-bond acceptors (Lipinski definition) is 5. The van der Waals surface area contributed by atoms with Crippen molar-refractivity contribution in [3.05, 3.63) is 57.3 Å².